The average molecular weight is 342 g/mol. The molecule has 1 aromatic rings. The highest BCUT2D eigenvalue weighted by atomic mass is 32.2. The van der Waals surface area contributed by atoms with Crippen molar-refractivity contribution in [1.29, 1.82) is 0 Å². The van der Waals surface area contributed by atoms with Gasteiger partial charge >= 0.3 is 0 Å². The number of nitrogens with zero attached hydrogens (tertiary/aromatic N) is 3. The molecule has 128 valence electrons. The number of piperazine rings is 1. The quantitative estimate of drug-likeness (QED) is 0.772. The normalized spacial score (nSPS) is 22.3. The van der Waals surface area contributed by atoms with E-state index in [-0.39, 0.29) is 12.4 Å². The molecule has 0 bridgehead atoms. The fourth-order valence-corrected chi connectivity index (χ4v) is 4.32. The number of hydrogen-bond donors (Lipinski definition) is 1. The Hall–Kier alpha value is -1.45. The number of ether oxygens (including phenoxy) is 2. The second kappa shape index (κ2) is 6.98. The minimum absolute atomic E-state index is 0.112. The molecule has 9 heteroatoms. The van der Waals surface area contributed by atoms with Gasteiger partial charge in [-0.2, -0.15) is 4.98 Å². The zero-order valence-corrected chi connectivity index (χ0v) is 14.0. The van der Waals surface area contributed by atoms with Gasteiger partial charge in [0.2, 0.25) is 11.8 Å². The molecular formula is C14H22N4O4S. The summed E-state index contributed by atoms with van der Waals surface area (Å²) >= 11 is 0. The van der Waals surface area contributed by atoms with Crippen LogP contribution in [0.4, 0.5) is 5.95 Å². The molecule has 2 aliphatic rings. The average Bonchev–Trinajstić information content (AvgIpc) is 3.10. The molecular weight excluding hydrogens is 320 g/mol. The molecule has 2 fully saturated rings. The van der Waals surface area contributed by atoms with E-state index < -0.39 is 15.1 Å². The lowest BCUT2D eigenvalue weighted by Gasteiger charge is -2.27. The third kappa shape index (κ3) is 3.91. The van der Waals surface area contributed by atoms with Gasteiger partial charge in [0.05, 0.1) is 30.4 Å². The molecule has 1 atom stereocenters. The van der Waals surface area contributed by atoms with Gasteiger partial charge < -0.3 is 19.7 Å². The van der Waals surface area contributed by atoms with Gasteiger partial charge in [0, 0.05) is 38.9 Å². The van der Waals surface area contributed by atoms with Crippen LogP contribution in [0.15, 0.2) is 6.07 Å². The summed E-state index contributed by atoms with van der Waals surface area (Å²) in [6, 6.07) is 1.60. The van der Waals surface area contributed by atoms with Crippen molar-refractivity contribution in [2.75, 3.05) is 51.4 Å². The molecule has 1 N–H and O–H groups in total. The van der Waals surface area contributed by atoms with E-state index in [2.05, 4.69) is 15.3 Å². The summed E-state index contributed by atoms with van der Waals surface area (Å²) in [5.41, 5.74) is 0.470. The number of anilines is 1. The highest BCUT2D eigenvalue weighted by molar-refractivity contribution is 7.91. The predicted octanol–water partition coefficient (Wildman–Crippen LogP) is -0.401. The lowest BCUT2D eigenvalue weighted by Crippen LogP contribution is -2.44. The topological polar surface area (TPSA) is 93.7 Å². The Bertz CT molecular complexity index is 640. The molecule has 3 rings (SSSR count). The third-order valence-electron chi connectivity index (χ3n) is 4.10. The number of aromatic nitrogens is 2. The van der Waals surface area contributed by atoms with Gasteiger partial charge in [-0.05, 0) is 6.42 Å². The van der Waals surface area contributed by atoms with Crippen molar-refractivity contribution < 1.29 is 17.9 Å². The molecule has 0 unspecified atom stereocenters. The molecule has 0 saturated carbocycles. The van der Waals surface area contributed by atoms with Crippen LogP contribution in [-0.4, -0.2) is 70.1 Å². The van der Waals surface area contributed by atoms with Crippen LogP contribution in [0, 0.1) is 0 Å². The summed E-state index contributed by atoms with van der Waals surface area (Å²) < 4.78 is 35.4. The van der Waals surface area contributed by atoms with Crippen LogP contribution >= 0.6 is 0 Å². The molecule has 0 spiro atoms. The van der Waals surface area contributed by atoms with E-state index in [1.165, 1.54) is 7.11 Å². The molecule has 0 aliphatic carbocycles. The minimum Gasteiger partial charge on any atom is -0.481 e. The first kappa shape index (κ1) is 16.4. The van der Waals surface area contributed by atoms with Crippen LogP contribution in [0.3, 0.4) is 0 Å². The van der Waals surface area contributed by atoms with E-state index in [0.717, 1.165) is 26.2 Å². The summed E-state index contributed by atoms with van der Waals surface area (Å²) in [7, 11) is -1.77. The van der Waals surface area contributed by atoms with Gasteiger partial charge in [-0.1, -0.05) is 0 Å². The van der Waals surface area contributed by atoms with Gasteiger partial charge in [0.15, 0.2) is 9.84 Å². The van der Waals surface area contributed by atoms with Crippen molar-refractivity contribution in [3.63, 3.8) is 0 Å². The second-order valence-electron chi connectivity index (χ2n) is 5.73. The number of hydrogen-bond acceptors (Lipinski definition) is 8. The van der Waals surface area contributed by atoms with Crippen LogP contribution < -0.4 is 15.0 Å². The van der Waals surface area contributed by atoms with E-state index >= 15 is 0 Å². The minimum atomic E-state index is -3.29. The van der Waals surface area contributed by atoms with E-state index in [1.54, 1.807) is 6.07 Å². The summed E-state index contributed by atoms with van der Waals surface area (Å²) in [6.45, 7) is 4.06. The third-order valence-corrected chi connectivity index (χ3v) is 6.18. The van der Waals surface area contributed by atoms with E-state index in [4.69, 9.17) is 9.47 Å². The summed E-state index contributed by atoms with van der Waals surface area (Å²) in [5, 5.41) is 2.83. The van der Waals surface area contributed by atoms with Gasteiger partial charge in [0.25, 0.3) is 0 Å². The van der Waals surface area contributed by atoms with Gasteiger partial charge in [-0.25, -0.2) is 13.4 Å². The fraction of sp³-hybridized carbons (Fsp3) is 0.714. The Labute approximate surface area is 136 Å². The Morgan fingerprint density at radius 3 is 2.83 bits per heavy atom. The van der Waals surface area contributed by atoms with Crippen LogP contribution in [-0.2, 0) is 20.3 Å². The molecule has 0 amide bonds. The molecule has 2 aliphatic heterocycles. The fourth-order valence-electron chi connectivity index (χ4n) is 2.76. The standard InChI is InChI=1S/C14H22N4O4S/c1-21-13-8-11(10-23(19,20)12-2-7-22-9-12)16-14(17-13)18-5-3-15-4-6-18/h8,12,15H,2-7,9-10H2,1H3/t12-/m0/s1. The first-order chi connectivity index (χ1) is 11.1. The first-order valence-electron chi connectivity index (χ1n) is 7.75. The monoisotopic (exact) mass is 342 g/mol. The Morgan fingerprint density at radius 2 is 2.17 bits per heavy atom. The Morgan fingerprint density at radius 1 is 1.39 bits per heavy atom. The van der Waals surface area contributed by atoms with Gasteiger partial charge in [0.1, 0.15) is 0 Å². The zero-order chi connectivity index (χ0) is 16.3. The molecule has 3 heterocycles. The van der Waals surface area contributed by atoms with Crippen molar-refractivity contribution >= 4 is 15.8 Å². The van der Waals surface area contributed by atoms with Crippen LogP contribution in [0.2, 0.25) is 0 Å². The van der Waals surface area contributed by atoms with Gasteiger partial charge in [-0.3, -0.25) is 0 Å². The van der Waals surface area contributed by atoms with Crippen molar-refractivity contribution in [3.05, 3.63) is 11.8 Å². The molecule has 8 nitrogen and oxygen atoms in total. The maximum absolute atomic E-state index is 12.5. The maximum Gasteiger partial charge on any atom is 0.228 e. The lowest BCUT2D eigenvalue weighted by molar-refractivity contribution is 0.198. The number of rotatable bonds is 5. The first-order valence-corrected chi connectivity index (χ1v) is 9.47. The number of sulfone groups is 1. The Balaban J connectivity index is 1.83. The molecule has 0 aromatic carbocycles. The molecule has 23 heavy (non-hydrogen) atoms. The van der Waals surface area contributed by atoms with Crippen LogP contribution in [0.25, 0.3) is 0 Å². The maximum atomic E-state index is 12.5. The smallest absolute Gasteiger partial charge is 0.228 e. The highest BCUT2D eigenvalue weighted by Crippen LogP contribution is 2.21. The number of nitrogens with one attached hydrogen (secondary N) is 1. The lowest BCUT2D eigenvalue weighted by atomic mass is 10.4. The molecule has 1 aromatic heterocycles. The van der Waals surface area contributed by atoms with Crippen LogP contribution in [0.1, 0.15) is 12.1 Å². The van der Waals surface area contributed by atoms with Crippen molar-refractivity contribution in [2.45, 2.75) is 17.4 Å². The Kier molecular flexibility index (Phi) is 4.98. The van der Waals surface area contributed by atoms with Crippen molar-refractivity contribution in [2.24, 2.45) is 0 Å². The predicted molar refractivity (Wildman–Crippen MR) is 85.5 cm³/mol. The highest BCUT2D eigenvalue weighted by Gasteiger charge is 2.30. The van der Waals surface area contributed by atoms with Crippen LogP contribution in [0.5, 0.6) is 5.88 Å². The van der Waals surface area contributed by atoms with E-state index in [9.17, 15) is 8.42 Å². The van der Waals surface area contributed by atoms with E-state index in [1.807, 2.05) is 4.90 Å². The molecule has 0 radical (unpaired) electrons. The summed E-state index contributed by atoms with van der Waals surface area (Å²) in [6.07, 6.45) is 0.551. The zero-order valence-electron chi connectivity index (χ0n) is 13.2. The van der Waals surface area contributed by atoms with Gasteiger partial charge in [-0.15, -0.1) is 0 Å². The summed E-state index contributed by atoms with van der Waals surface area (Å²) in [5.74, 6) is 0.805. The van der Waals surface area contributed by atoms with Crippen molar-refractivity contribution in [1.82, 2.24) is 15.3 Å². The van der Waals surface area contributed by atoms with Crippen molar-refractivity contribution in [3.8, 4) is 5.88 Å². The SMILES string of the molecule is COc1cc(CS(=O)(=O)[C@H]2CCOC2)nc(N2CCNCC2)n1. The van der Waals surface area contributed by atoms with E-state index in [0.29, 0.717) is 30.5 Å². The second-order valence-corrected chi connectivity index (χ2v) is 8.01. The number of methoxy groups -OCH3 is 1. The summed E-state index contributed by atoms with van der Waals surface area (Å²) in [4.78, 5) is 10.8. The largest absolute Gasteiger partial charge is 0.481 e. The molecule has 2 saturated heterocycles.